The normalized spacial score (nSPS) is 20.5. The van der Waals surface area contributed by atoms with Crippen LogP contribution in [0.3, 0.4) is 0 Å². The van der Waals surface area contributed by atoms with Gasteiger partial charge in [0.2, 0.25) is 11.8 Å². The fraction of sp³-hybridized carbons (Fsp3) is 0.346. The highest BCUT2D eigenvalue weighted by molar-refractivity contribution is 8.01. The number of carbonyl (C=O) groups excluding carboxylic acids is 3. The third-order valence-corrected chi connectivity index (χ3v) is 7.77. The summed E-state index contributed by atoms with van der Waals surface area (Å²) in [7, 11) is 0. The molecule has 6 nitrogen and oxygen atoms in total. The maximum Gasteiger partial charge on any atom is 0.250 e. The average molecular weight is 462 g/mol. The van der Waals surface area contributed by atoms with Crippen LogP contribution >= 0.6 is 11.8 Å². The van der Waals surface area contributed by atoms with Crippen molar-refractivity contribution in [2.24, 2.45) is 0 Å². The van der Waals surface area contributed by atoms with Crippen LogP contribution in [0.15, 0.2) is 65.6 Å². The van der Waals surface area contributed by atoms with Crippen molar-refractivity contribution in [3.05, 3.63) is 66.2 Å². The first-order chi connectivity index (χ1) is 16.1. The van der Waals surface area contributed by atoms with Gasteiger partial charge in [0.05, 0.1) is 5.69 Å². The zero-order valence-electron chi connectivity index (χ0n) is 18.5. The third-order valence-electron chi connectivity index (χ3n) is 6.53. The highest BCUT2D eigenvalue weighted by Gasteiger charge is 2.41. The van der Waals surface area contributed by atoms with Gasteiger partial charge in [-0.2, -0.15) is 0 Å². The lowest BCUT2D eigenvalue weighted by atomic mass is 9.99. The number of para-hydroxylation sites is 1. The molecule has 1 atom stereocenters. The minimum absolute atomic E-state index is 0.0469. The predicted molar refractivity (Wildman–Crippen MR) is 130 cm³/mol. The van der Waals surface area contributed by atoms with Crippen LogP contribution in [0.25, 0.3) is 5.57 Å². The van der Waals surface area contributed by atoms with E-state index in [9.17, 15) is 14.4 Å². The Morgan fingerprint density at radius 2 is 1.64 bits per heavy atom. The smallest absolute Gasteiger partial charge is 0.250 e. The molecule has 0 saturated carbocycles. The molecule has 3 amide bonds. The Kier molecular flexibility index (Phi) is 6.22. The van der Waals surface area contributed by atoms with Crippen LogP contribution in [0.4, 0.5) is 5.69 Å². The van der Waals surface area contributed by atoms with Crippen LogP contribution in [0.5, 0.6) is 0 Å². The Morgan fingerprint density at radius 3 is 2.36 bits per heavy atom. The number of rotatable bonds is 4. The van der Waals surface area contributed by atoms with E-state index in [0.29, 0.717) is 31.9 Å². The molecule has 5 rings (SSSR count). The van der Waals surface area contributed by atoms with E-state index in [1.165, 1.54) is 27.8 Å². The molecule has 2 aromatic rings. The summed E-state index contributed by atoms with van der Waals surface area (Å²) in [6, 6.07) is 17.7. The molecule has 33 heavy (non-hydrogen) atoms. The molecular weight excluding hydrogens is 434 g/mol. The molecular formula is C26H27N3O3S. The van der Waals surface area contributed by atoms with E-state index in [-0.39, 0.29) is 24.3 Å². The first-order valence-corrected chi connectivity index (χ1v) is 12.4. The van der Waals surface area contributed by atoms with Gasteiger partial charge in [0, 0.05) is 31.1 Å². The van der Waals surface area contributed by atoms with Gasteiger partial charge in [-0.1, -0.05) is 48.5 Å². The summed E-state index contributed by atoms with van der Waals surface area (Å²) in [6.07, 6.45) is 4.83. The van der Waals surface area contributed by atoms with Gasteiger partial charge in [-0.05, 0) is 42.5 Å². The first-order valence-electron chi connectivity index (χ1n) is 11.5. The Bertz CT molecular complexity index is 1090. The van der Waals surface area contributed by atoms with E-state index in [2.05, 4.69) is 18.2 Å². The van der Waals surface area contributed by atoms with Gasteiger partial charge in [0.15, 0.2) is 5.25 Å². The summed E-state index contributed by atoms with van der Waals surface area (Å²) < 4.78 is 0. The van der Waals surface area contributed by atoms with Crippen molar-refractivity contribution in [2.45, 2.75) is 29.4 Å². The van der Waals surface area contributed by atoms with Crippen LogP contribution in [0.1, 0.15) is 24.8 Å². The number of fused-ring (bicyclic) bond motifs is 1. The highest BCUT2D eigenvalue weighted by Crippen LogP contribution is 2.40. The van der Waals surface area contributed by atoms with Crippen LogP contribution in [-0.2, 0) is 14.4 Å². The van der Waals surface area contributed by atoms with Crippen molar-refractivity contribution in [2.75, 3.05) is 37.6 Å². The topological polar surface area (TPSA) is 60.9 Å². The molecule has 2 aromatic carbocycles. The van der Waals surface area contributed by atoms with E-state index >= 15 is 0 Å². The molecule has 0 bridgehead atoms. The Hall–Kier alpha value is -3.06. The van der Waals surface area contributed by atoms with Gasteiger partial charge in [-0.3, -0.25) is 14.4 Å². The lowest BCUT2D eigenvalue weighted by molar-refractivity contribution is -0.135. The Morgan fingerprint density at radius 1 is 0.909 bits per heavy atom. The molecule has 1 fully saturated rings. The summed E-state index contributed by atoms with van der Waals surface area (Å²) in [4.78, 5) is 45.7. The molecule has 7 heteroatoms. The van der Waals surface area contributed by atoms with E-state index in [0.717, 1.165) is 24.2 Å². The average Bonchev–Trinajstić information content (AvgIpc) is 3.41. The fourth-order valence-electron chi connectivity index (χ4n) is 4.69. The van der Waals surface area contributed by atoms with Gasteiger partial charge in [-0.15, -0.1) is 11.8 Å². The van der Waals surface area contributed by atoms with Gasteiger partial charge in [0.1, 0.15) is 6.54 Å². The predicted octanol–water partition coefficient (Wildman–Crippen LogP) is 3.43. The minimum Gasteiger partial charge on any atom is -0.341 e. The largest absolute Gasteiger partial charge is 0.341 e. The fourth-order valence-corrected chi connectivity index (χ4v) is 5.87. The number of amides is 3. The standard InChI is InChI=1S/C26H27N3O3S/c30-23(27-16-12-20(13-17-27)19-8-2-1-3-9-19)18-29-21-10-4-5-11-22(21)33-24(26(29)32)25(31)28-14-6-7-15-28/h1-5,8-12,24H,6-7,13-18H2/t24-/m1/s1. The van der Waals surface area contributed by atoms with E-state index in [1.54, 1.807) is 9.80 Å². The summed E-state index contributed by atoms with van der Waals surface area (Å²) >= 11 is 1.31. The monoisotopic (exact) mass is 461 g/mol. The Labute approximate surface area is 198 Å². The molecule has 0 aromatic heterocycles. The molecule has 0 radical (unpaired) electrons. The van der Waals surface area contributed by atoms with E-state index < -0.39 is 5.25 Å². The number of hydrogen-bond acceptors (Lipinski definition) is 4. The summed E-state index contributed by atoms with van der Waals surface area (Å²) in [5.74, 6) is -0.523. The zero-order chi connectivity index (χ0) is 22.8. The van der Waals surface area contributed by atoms with Gasteiger partial charge in [-0.25, -0.2) is 0 Å². The quantitative estimate of drug-likeness (QED) is 0.655. The molecule has 3 aliphatic heterocycles. The minimum atomic E-state index is -0.822. The second kappa shape index (κ2) is 9.43. The zero-order valence-corrected chi connectivity index (χ0v) is 19.3. The summed E-state index contributed by atoms with van der Waals surface area (Å²) in [6.45, 7) is 2.50. The van der Waals surface area contributed by atoms with Crippen molar-refractivity contribution < 1.29 is 14.4 Å². The molecule has 0 N–H and O–H groups in total. The summed E-state index contributed by atoms with van der Waals surface area (Å²) in [5, 5.41) is -0.822. The van der Waals surface area contributed by atoms with Gasteiger partial charge < -0.3 is 14.7 Å². The van der Waals surface area contributed by atoms with Crippen molar-refractivity contribution in [1.29, 1.82) is 0 Å². The molecule has 3 aliphatic rings. The van der Waals surface area contributed by atoms with Crippen molar-refractivity contribution in [3.8, 4) is 0 Å². The van der Waals surface area contributed by atoms with E-state index in [1.807, 2.05) is 42.5 Å². The second-order valence-corrected chi connectivity index (χ2v) is 9.75. The number of likely N-dealkylation sites (tertiary alicyclic amines) is 1. The van der Waals surface area contributed by atoms with Crippen LogP contribution in [0.2, 0.25) is 0 Å². The number of hydrogen-bond donors (Lipinski definition) is 0. The molecule has 1 saturated heterocycles. The first kappa shape index (κ1) is 21.8. The number of nitrogens with zero attached hydrogens (tertiary/aromatic N) is 3. The highest BCUT2D eigenvalue weighted by atomic mass is 32.2. The Balaban J connectivity index is 1.32. The SMILES string of the molecule is O=C(CN1C(=O)[C@@H](C(=O)N2CCCC2)Sc2ccccc21)N1CC=C(c2ccccc2)CC1. The lowest BCUT2D eigenvalue weighted by Gasteiger charge is -2.35. The maximum absolute atomic E-state index is 13.4. The molecule has 0 spiro atoms. The van der Waals surface area contributed by atoms with Crippen molar-refractivity contribution in [3.63, 3.8) is 0 Å². The number of thioether (sulfide) groups is 1. The van der Waals surface area contributed by atoms with Crippen LogP contribution in [-0.4, -0.2) is 65.5 Å². The van der Waals surface area contributed by atoms with E-state index in [4.69, 9.17) is 0 Å². The lowest BCUT2D eigenvalue weighted by Crippen LogP contribution is -2.52. The van der Waals surface area contributed by atoms with Crippen molar-refractivity contribution >= 4 is 40.7 Å². The van der Waals surface area contributed by atoms with Crippen LogP contribution < -0.4 is 4.90 Å². The van der Waals surface area contributed by atoms with Crippen LogP contribution in [0, 0.1) is 0 Å². The number of carbonyl (C=O) groups is 3. The third kappa shape index (κ3) is 4.42. The molecule has 3 heterocycles. The van der Waals surface area contributed by atoms with Crippen molar-refractivity contribution in [1.82, 2.24) is 9.80 Å². The number of anilines is 1. The van der Waals surface area contributed by atoms with Gasteiger partial charge in [0.25, 0.3) is 5.91 Å². The molecule has 170 valence electrons. The van der Waals surface area contributed by atoms with Gasteiger partial charge >= 0.3 is 0 Å². The number of benzene rings is 2. The maximum atomic E-state index is 13.4. The summed E-state index contributed by atoms with van der Waals surface area (Å²) in [5.41, 5.74) is 3.14. The molecule has 0 aliphatic carbocycles. The second-order valence-electron chi connectivity index (χ2n) is 8.61. The molecule has 0 unspecified atom stereocenters.